The zero-order chi connectivity index (χ0) is 56.4. The number of aliphatic hydroxyl groups excluding tert-OH is 3. The molecule has 4 heterocycles. The molecular formula is C54H91FN6O14S. The Hall–Kier alpha value is -2.81. The molecular weight excluding hydrogens is 1010 g/mol. The maximum atomic E-state index is 14.9. The molecule has 3 saturated heterocycles. The normalized spacial score (nSPS) is 39.8. The number of aromatic nitrogens is 3. The number of alkyl halides is 1. The molecule has 22 heteroatoms. The number of nitrogens with zero attached hydrogens (tertiary/aromatic N) is 5. The Morgan fingerprint density at radius 3 is 2.24 bits per heavy atom. The molecule has 0 bridgehead atoms. The number of methoxy groups -OCH3 is 2. The van der Waals surface area contributed by atoms with Gasteiger partial charge < -0.3 is 63.8 Å². The van der Waals surface area contributed by atoms with E-state index in [1.807, 2.05) is 44.7 Å². The molecule has 4 aliphatic rings. The van der Waals surface area contributed by atoms with Crippen molar-refractivity contribution in [2.45, 2.75) is 221 Å². The quantitative estimate of drug-likeness (QED) is 0.123. The summed E-state index contributed by atoms with van der Waals surface area (Å²) in [6.45, 7) is 17.6. The first-order chi connectivity index (χ1) is 35.5. The third-order valence-electron chi connectivity index (χ3n) is 17.3. The number of rotatable bonds is 17. The highest BCUT2D eigenvalue weighted by atomic mass is 32.2. The lowest BCUT2D eigenvalue weighted by Gasteiger charge is -2.51. The van der Waals surface area contributed by atoms with Crippen LogP contribution in [0.4, 0.5) is 4.39 Å². The molecule has 434 valence electrons. The van der Waals surface area contributed by atoms with Gasteiger partial charge in [-0.2, -0.15) is 0 Å². The smallest absolute Gasteiger partial charge is 0.309 e. The van der Waals surface area contributed by atoms with Crippen molar-refractivity contribution in [1.29, 1.82) is 0 Å². The summed E-state index contributed by atoms with van der Waals surface area (Å²) >= 11 is 0. The van der Waals surface area contributed by atoms with E-state index < -0.39 is 137 Å². The summed E-state index contributed by atoms with van der Waals surface area (Å²) in [4.78, 5) is 18.7. The topological polar surface area (TPSA) is 257 Å². The minimum absolute atomic E-state index is 0.0493. The monoisotopic (exact) mass is 1100 g/mol. The molecule has 20 nitrogen and oxygen atoms in total. The number of cyclic esters (lactones) is 1. The van der Waals surface area contributed by atoms with Crippen LogP contribution in [-0.4, -0.2) is 203 Å². The summed E-state index contributed by atoms with van der Waals surface area (Å²) in [5.41, 5.74) is -3.44. The summed E-state index contributed by atoms with van der Waals surface area (Å²) in [5.74, 6) is -3.34. The first kappa shape index (κ1) is 62.4. The van der Waals surface area contributed by atoms with Crippen LogP contribution in [0.25, 0.3) is 0 Å². The molecule has 1 aliphatic carbocycles. The number of sulfonamides is 1. The van der Waals surface area contributed by atoms with E-state index in [2.05, 4.69) is 15.0 Å². The highest BCUT2D eigenvalue weighted by Gasteiger charge is 2.55. The molecule has 6 rings (SSSR count). The lowest BCUT2D eigenvalue weighted by atomic mass is 9.68. The molecule has 20 atom stereocenters. The number of ether oxygens (including phenoxy) is 6. The summed E-state index contributed by atoms with van der Waals surface area (Å²) in [7, 11) is 2.98. The number of hydrogen-bond donors (Lipinski definition) is 6. The maximum absolute atomic E-state index is 14.9. The standard InChI is InChI=1S/C54H91FN6O14S/c1-15-43-54(10,67)47(63)34(6)60(12)28-30(2)25-52(8,66)49(32(4)44(33(5)50(65)74-43)42-26-53(9,71-14)48(64)35(7)73-42)75-51-45(62)40(24-31(3)72-51)59(11)23-22-38-29-61(58-56-38)41(27-55)46(70-13)36-16-20-39(21-17-36)76(68,69)57-37-18-19-37/h16-17,20-21,29-35,37,40-49,51,57,62-64,66-67H,15,18-19,22-28H2,1-14H3/t30-,31-,32+,33-,34-,35+,40+,41-,42-,43-,44?,45-,46-,47-,48+,49-,51+,52-,53-,54-/m1/s1. The van der Waals surface area contributed by atoms with Gasteiger partial charge in [-0.15, -0.1) is 5.10 Å². The van der Waals surface area contributed by atoms with Gasteiger partial charge in [0.15, 0.2) is 6.29 Å². The Labute approximate surface area is 450 Å². The first-order valence-electron chi connectivity index (χ1n) is 27.3. The molecule has 1 aromatic heterocycles. The molecule has 1 aromatic carbocycles. The summed E-state index contributed by atoms with van der Waals surface area (Å²) in [5, 5.41) is 68.9. The van der Waals surface area contributed by atoms with Gasteiger partial charge in [-0.25, -0.2) is 22.2 Å². The van der Waals surface area contributed by atoms with Gasteiger partial charge in [0.05, 0.1) is 52.1 Å². The van der Waals surface area contributed by atoms with Crippen molar-refractivity contribution in [2.24, 2.45) is 23.7 Å². The van der Waals surface area contributed by atoms with Gasteiger partial charge in [-0.05, 0) is 117 Å². The van der Waals surface area contributed by atoms with Crippen LogP contribution >= 0.6 is 0 Å². The van der Waals surface area contributed by atoms with Crippen LogP contribution < -0.4 is 4.72 Å². The average Bonchev–Trinajstić information content (AvgIpc) is 4.05. The van der Waals surface area contributed by atoms with Crippen molar-refractivity contribution in [1.82, 2.24) is 29.5 Å². The van der Waals surface area contributed by atoms with E-state index in [1.54, 1.807) is 59.9 Å². The van der Waals surface area contributed by atoms with Gasteiger partial charge in [0.25, 0.3) is 0 Å². The number of aliphatic hydroxyl groups is 5. The molecule has 6 N–H and O–H groups in total. The molecule has 2 aromatic rings. The second-order valence-electron chi connectivity index (χ2n) is 23.6. The number of hydrogen-bond acceptors (Lipinski definition) is 18. The minimum atomic E-state index is -3.68. The van der Waals surface area contributed by atoms with Crippen molar-refractivity contribution in [3.8, 4) is 0 Å². The van der Waals surface area contributed by atoms with Crippen LogP contribution in [0, 0.1) is 23.7 Å². The van der Waals surface area contributed by atoms with Crippen molar-refractivity contribution in [3.63, 3.8) is 0 Å². The van der Waals surface area contributed by atoms with Crippen molar-refractivity contribution in [2.75, 3.05) is 48.1 Å². The van der Waals surface area contributed by atoms with E-state index in [4.69, 9.17) is 28.4 Å². The maximum Gasteiger partial charge on any atom is 0.309 e. The molecule has 76 heavy (non-hydrogen) atoms. The van der Waals surface area contributed by atoms with Gasteiger partial charge in [0.1, 0.15) is 48.8 Å². The molecule has 1 unspecified atom stereocenters. The largest absolute Gasteiger partial charge is 0.459 e. The highest BCUT2D eigenvalue weighted by Crippen LogP contribution is 2.45. The number of nitrogens with one attached hydrogen (secondary N) is 1. The Balaban J connectivity index is 1.26. The van der Waals surface area contributed by atoms with Gasteiger partial charge in [-0.1, -0.05) is 45.0 Å². The molecule has 0 radical (unpaired) electrons. The fourth-order valence-electron chi connectivity index (χ4n) is 12.4. The SMILES string of the molecule is CC[C@H]1OC(=O)[C@H](C)C([C@H]2C[C@@](C)(OC)[C@@H](O)[C@H](C)O2)[C@H](C)[C@@H](O[C@@H]2O[C@H](C)C[C@H](N(C)CCc3cn([C@H](CF)[C@H](OC)c4ccc(S(=O)(=O)NC5CC5)cc4)nn3)[C@H]2O)[C@](C)(O)C[C@@H](C)CN(C)[C@H](C)[C@@H](O)[C@]1(C)O. The average molecular weight is 1100 g/mol. The summed E-state index contributed by atoms with van der Waals surface area (Å²) in [6, 6.07) is 4.12. The number of likely N-dealkylation sites (N-methyl/N-ethyl adjacent to an activating group) is 2. The van der Waals surface area contributed by atoms with Crippen LogP contribution in [0.1, 0.15) is 131 Å². The third kappa shape index (κ3) is 14.0. The number of benzene rings is 1. The van der Waals surface area contributed by atoms with Crippen LogP contribution in [0.3, 0.4) is 0 Å². The molecule has 4 fully saturated rings. The van der Waals surface area contributed by atoms with Gasteiger partial charge in [-0.3, -0.25) is 4.79 Å². The Bertz CT molecular complexity index is 2290. The van der Waals surface area contributed by atoms with E-state index in [0.717, 1.165) is 12.8 Å². The van der Waals surface area contributed by atoms with Gasteiger partial charge >= 0.3 is 5.97 Å². The van der Waals surface area contributed by atoms with Gasteiger partial charge in [0.2, 0.25) is 10.0 Å². The predicted octanol–water partition coefficient (Wildman–Crippen LogP) is 3.72. The van der Waals surface area contributed by atoms with Crippen molar-refractivity contribution < 1.29 is 71.6 Å². The zero-order valence-corrected chi connectivity index (χ0v) is 48.1. The molecule has 0 spiro atoms. The zero-order valence-electron chi connectivity index (χ0n) is 47.3. The fraction of sp³-hybridized carbons (Fsp3) is 0.833. The van der Waals surface area contributed by atoms with E-state index in [-0.39, 0.29) is 36.1 Å². The van der Waals surface area contributed by atoms with Crippen LogP contribution in [0.15, 0.2) is 35.4 Å². The van der Waals surface area contributed by atoms with Crippen molar-refractivity contribution in [3.05, 3.63) is 41.7 Å². The number of halogens is 1. The van der Waals surface area contributed by atoms with E-state index in [0.29, 0.717) is 37.2 Å². The molecule has 0 amide bonds. The predicted molar refractivity (Wildman–Crippen MR) is 280 cm³/mol. The first-order valence-corrected chi connectivity index (χ1v) is 28.7. The van der Waals surface area contributed by atoms with E-state index in [9.17, 15) is 43.1 Å². The van der Waals surface area contributed by atoms with Crippen LogP contribution in [-0.2, 0) is 49.7 Å². The van der Waals surface area contributed by atoms with E-state index >= 15 is 0 Å². The molecule has 3 aliphatic heterocycles. The lowest BCUT2D eigenvalue weighted by molar-refractivity contribution is -0.302. The Kier molecular flexibility index (Phi) is 20.8. The molecule has 1 saturated carbocycles. The Morgan fingerprint density at radius 1 is 0.987 bits per heavy atom. The van der Waals surface area contributed by atoms with Crippen LogP contribution in [0.5, 0.6) is 0 Å². The summed E-state index contributed by atoms with van der Waals surface area (Å²) < 4.78 is 82.5. The third-order valence-corrected chi connectivity index (χ3v) is 18.8. The number of carbonyl (C=O) groups excluding carboxylic acids is 1. The number of carbonyl (C=O) groups is 1. The van der Waals surface area contributed by atoms with Crippen LogP contribution in [0.2, 0.25) is 0 Å². The van der Waals surface area contributed by atoms with Crippen molar-refractivity contribution >= 4 is 16.0 Å². The Morgan fingerprint density at radius 2 is 1.64 bits per heavy atom. The highest BCUT2D eigenvalue weighted by molar-refractivity contribution is 7.89. The van der Waals surface area contributed by atoms with Gasteiger partial charge in [0, 0.05) is 70.4 Å². The second kappa shape index (κ2) is 25.3. The minimum Gasteiger partial charge on any atom is -0.459 e. The summed E-state index contributed by atoms with van der Waals surface area (Å²) in [6.07, 6.45) is -5.16. The fourth-order valence-corrected chi connectivity index (χ4v) is 13.7. The lowest BCUT2D eigenvalue weighted by Crippen LogP contribution is -2.62. The second-order valence-corrected chi connectivity index (χ2v) is 25.3. The number of esters is 1. The van der Waals surface area contributed by atoms with E-state index in [1.165, 1.54) is 38.0 Å².